The standard InChI is InChI=1S/C20H23ClN2O4/c1-12-7-6-8-17(13(12)2)23(14(3)24)11-20(25)22-16-10-18(26-4)15(21)9-19(16)27-5/h6-10H,11H2,1-5H3,(H,22,25). The van der Waals surface area contributed by atoms with Crippen LogP contribution >= 0.6 is 11.6 Å². The molecule has 0 saturated heterocycles. The molecular formula is C20H23ClN2O4. The number of benzene rings is 2. The molecule has 2 rings (SSSR count). The molecule has 2 aromatic carbocycles. The van der Waals surface area contributed by atoms with E-state index in [9.17, 15) is 9.59 Å². The molecule has 144 valence electrons. The molecule has 0 aliphatic heterocycles. The average Bonchev–Trinajstić information content (AvgIpc) is 2.63. The van der Waals surface area contributed by atoms with Crippen molar-refractivity contribution >= 4 is 34.8 Å². The minimum Gasteiger partial charge on any atom is -0.495 e. The van der Waals surface area contributed by atoms with Gasteiger partial charge in [-0.25, -0.2) is 0 Å². The van der Waals surface area contributed by atoms with E-state index in [1.807, 2.05) is 32.0 Å². The van der Waals surface area contributed by atoms with E-state index in [1.165, 1.54) is 26.0 Å². The first-order valence-electron chi connectivity index (χ1n) is 8.34. The largest absolute Gasteiger partial charge is 0.495 e. The summed E-state index contributed by atoms with van der Waals surface area (Å²) in [5.41, 5.74) is 3.11. The molecule has 27 heavy (non-hydrogen) atoms. The van der Waals surface area contributed by atoms with Gasteiger partial charge in [0, 0.05) is 24.7 Å². The van der Waals surface area contributed by atoms with Gasteiger partial charge in [0.2, 0.25) is 11.8 Å². The molecule has 0 radical (unpaired) electrons. The number of carbonyl (C=O) groups excluding carboxylic acids is 2. The van der Waals surface area contributed by atoms with E-state index in [-0.39, 0.29) is 18.4 Å². The van der Waals surface area contributed by atoms with Crippen molar-refractivity contribution in [3.8, 4) is 11.5 Å². The highest BCUT2D eigenvalue weighted by Gasteiger charge is 2.20. The van der Waals surface area contributed by atoms with Crippen molar-refractivity contribution in [1.29, 1.82) is 0 Å². The van der Waals surface area contributed by atoms with Crippen LogP contribution in [0.4, 0.5) is 11.4 Å². The lowest BCUT2D eigenvalue weighted by atomic mass is 10.1. The highest BCUT2D eigenvalue weighted by atomic mass is 35.5. The zero-order valence-electron chi connectivity index (χ0n) is 16.1. The maximum Gasteiger partial charge on any atom is 0.244 e. The fourth-order valence-corrected chi connectivity index (χ4v) is 2.92. The summed E-state index contributed by atoms with van der Waals surface area (Å²) in [6.45, 7) is 5.18. The number of nitrogens with zero attached hydrogens (tertiary/aromatic N) is 1. The Morgan fingerprint density at radius 3 is 2.37 bits per heavy atom. The van der Waals surface area contributed by atoms with Crippen molar-refractivity contribution < 1.29 is 19.1 Å². The molecule has 0 saturated carbocycles. The van der Waals surface area contributed by atoms with E-state index < -0.39 is 0 Å². The summed E-state index contributed by atoms with van der Waals surface area (Å²) in [5, 5.41) is 3.12. The summed E-state index contributed by atoms with van der Waals surface area (Å²) in [4.78, 5) is 26.2. The zero-order valence-corrected chi connectivity index (χ0v) is 16.8. The quantitative estimate of drug-likeness (QED) is 0.810. The lowest BCUT2D eigenvalue weighted by Gasteiger charge is -2.23. The van der Waals surface area contributed by atoms with Gasteiger partial charge in [-0.1, -0.05) is 23.7 Å². The number of hydrogen-bond donors (Lipinski definition) is 1. The van der Waals surface area contributed by atoms with Gasteiger partial charge in [-0.05, 0) is 31.0 Å². The smallest absolute Gasteiger partial charge is 0.244 e. The van der Waals surface area contributed by atoms with Crippen LogP contribution in [0, 0.1) is 13.8 Å². The second-order valence-electron chi connectivity index (χ2n) is 6.06. The first kappa shape index (κ1) is 20.6. The normalized spacial score (nSPS) is 10.3. The van der Waals surface area contributed by atoms with E-state index in [4.69, 9.17) is 21.1 Å². The van der Waals surface area contributed by atoms with Crippen molar-refractivity contribution in [2.24, 2.45) is 0 Å². The number of anilines is 2. The molecule has 1 N–H and O–H groups in total. The predicted molar refractivity (Wildman–Crippen MR) is 107 cm³/mol. The van der Waals surface area contributed by atoms with E-state index in [0.29, 0.717) is 27.9 Å². The van der Waals surface area contributed by atoms with Gasteiger partial charge in [0.15, 0.2) is 0 Å². The molecule has 0 bridgehead atoms. The highest BCUT2D eigenvalue weighted by molar-refractivity contribution is 6.32. The molecule has 0 spiro atoms. The first-order valence-corrected chi connectivity index (χ1v) is 8.72. The maximum atomic E-state index is 12.6. The van der Waals surface area contributed by atoms with Crippen molar-refractivity contribution in [2.75, 3.05) is 31.0 Å². The summed E-state index contributed by atoms with van der Waals surface area (Å²) in [7, 11) is 2.96. The van der Waals surface area contributed by atoms with Gasteiger partial charge in [0.1, 0.15) is 18.0 Å². The van der Waals surface area contributed by atoms with Crippen LogP contribution in [-0.4, -0.2) is 32.6 Å². The van der Waals surface area contributed by atoms with Gasteiger partial charge >= 0.3 is 0 Å². The van der Waals surface area contributed by atoms with Crippen LogP contribution in [0.15, 0.2) is 30.3 Å². The fraction of sp³-hybridized carbons (Fsp3) is 0.300. The van der Waals surface area contributed by atoms with Gasteiger partial charge in [0.05, 0.1) is 24.9 Å². The molecule has 7 heteroatoms. The Balaban J connectivity index is 2.27. The molecular weight excluding hydrogens is 368 g/mol. The lowest BCUT2D eigenvalue weighted by molar-refractivity contribution is -0.120. The van der Waals surface area contributed by atoms with Crippen molar-refractivity contribution in [3.63, 3.8) is 0 Å². The van der Waals surface area contributed by atoms with E-state index in [0.717, 1.165) is 11.1 Å². The molecule has 0 aromatic heterocycles. The Labute approximate surface area is 164 Å². The van der Waals surface area contributed by atoms with Crippen LogP contribution < -0.4 is 19.7 Å². The van der Waals surface area contributed by atoms with E-state index in [2.05, 4.69) is 5.32 Å². The number of hydrogen-bond acceptors (Lipinski definition) is 4. The minimum absolute atomic E-state index is 0.131. The Kier molecular flexibility index (Phi) is 6.69. The summed E-state index contributed by atoms with van der Waals surface area (Å²) in [6.07, 6.45) is 0. The third kappa shape index (κ3) is 4.71. The Morgan fingerprint density at radius 1 is 1.11 bits per heavy atom. The van der Waals surface area contributed by atoms with Crippen LogP contribution in [-0.2, 0) is 9.59 Å². The Morgan fingerprint density at radius 2 is 1.78 bits per heavy atom. The summed E-state index contributed by atoms with van der Waals surface area (Å²) in [6, 6.07) is 8.78. The number of ether oxygens (including phenoxy) is 2. The fourth-order valence-electron chi connectivity index (χ4n) is 2.69. The maximum absolute atomic E-state index is 12.6. The minimum atomic E-state index is -0.367. The van der Waals surface area contributed by atoms with Crippen LogP contribution in [0.25, 0.3) is 0 Å². The molecule has 2 amide bonds. The third-order valence-electron chi connectivity index (χ3n) is 4.30. The number of methoxy groups -OCH3 is 2. The molecule has 0 aliphatic carbocycles. The molecule has 0 heterocycles. The van der Waals surface area contributed by atoms with Crippen LogP contribution in [0.2, 0.25) is 5.02 Å². The van der Waals surface area contributed by atoms with Crippen molar-refractivity contribution in [2.45, 2.75) is 20.8 Å². The predicted octanol–water partition coefficient (Wildman–Crippen LogP) is 3.97. The van der Waals surface area contributed by atoms with Gasteiger partial charge < -0.3 is 19.7 Å². The van der Waals surface area contributed by atoms with Crippen molar-refractivity contribution in [1.82, 2.24) is 0 Å². The second kappa shape index (κ2) is 8.77. The first-order chi connectivity index (χ1) is 12.8. The Hall–Kier alpha value is -2.73. The van der Waals surface area contributed by atoms with E-state index >= 15 is 0 Å². The highest BCUT2D eigenvalue weighted by Crippen LogP contribution is 2.36. The molecule has 0 fully saturated rings. The van der Waals surface area contributed by atoms with Gasteiger partial charge in [-0.3, -0.25) is 9.59 Å². The number of halogens is 1. The van der Waals surface area contributed by atoms with Gasteiger partial charge in [0.25, 0.3) is 0 Å². The van der Waals surface area contributed by atoms with Crippen LogP contribution in [0.3, 0.4) is 0 Å². The average molecular weight is 391 g/mol. The molecule has 0 unspecified atom stereocenters. The number of carbonyl (C=O) groups is 2. The topological polar surface area (TPSA) is 67.9 Å². The molecule has 2 aromatic rings. The van der Waals surface area contributed by atoms with Crippen LogP contribution in [0.5, 0.6) is 11.5 Å². The second-order valence-corrected chi connectivity index (χ2v) is 6.47. The number of aryl methyl sites for hydroxylation is 1. The third-order valence-corrected chi connectivity index (χ3v) is 4.59. The molecule has 0 aliphatic rings. The summed E-state index contributed by atoms with van der Waals surface area (Å²) < 4.78 is 10.4. The monoisotopic (exact) mass is 390 g/mol. The van der Waals surface area contributed by atoms with Crippen LogP contribution in [0.1, 0.15) is 18.1 Å². The Bertz CT molecular complexity index is 867. The number of amides is 2. The van der Waals surface area contributed by atoms with Gasteiger partial charge in [-0.15, -0.1) is 0 Å². The number of nitrogens with one attached hydrogen (secondary N) is 1. The SMILES string of the molecule is COc1cc(NC(=O)CN(C(C)=O)c2cccc(C)c2C)c(OC)cc1Cl. The zero-order chi connectivity index (χ0) is 20.1. The lowest BCUT2D eigenvalue weighted by Crippen LogP contribution is -2.37. The summed E-state index contributed by atoms with van der Waals surface area (Å²) >= 11 is 6.08. The molecule has 0 atom stereocenters. The van der Waals surface area contributed by atoms with E-state index in [1.54, 1.807) is 12.1 Å². The van der Waals surface area contributed by atoms with Gasteiger partial charge in [-0.2, -0.15) is 0 Å². The molecule has 6 nitrogen and oxygen atoms in total. The number of rotatable bonds is 6. The van der Waals surface area contributed by atoms with Crippen molar-refractivity contribution in [3.05, 3.63) is 46.5 Å². The summed E-state index contributed by atoms with van der Waals surface area (Å²) in [5.74, 6) is 0.217.